The molecule has 1 heterocycles. The molecule has 0 atom stereocenters. The maximum Gasteiger partial charge on any atom is 0.0343 e. The van der Waals surface area contributed by atoms with Crippen LogP contribution in [0.25, 0.3) is 0 Å². The number of likely N-dealkylation sites (tertiary alicyclic amines) is 1. The summed E-state index contributed by atoms with van der Waals surface area (Å²) in [5, 5.41) is 3.65. The topological polar surface area (TPSA) is 15.3 Å². The van der Waals surface area contributed by atoms with Crippen LogP contribution in [-0.2, 0) is 6.54 Å². The van der Waals surface area contributed by atoms with E-state index in [0.717, 1.165) is 24.1 Å². The summed E-state index contributed by atoms with van der Waals surface area (Å²) in [5.74, 6) is 0. The summed E-state index contributed by atoms with van der Waals surface area (Å²) < 4.78 is 2.34. The van der Waals surface area contributed by atoms with Gasteiger partial charge in [0.15, 0.2) is 0 Å². The highest BCUT2D eigenvalue weighted by atomic mass is 79.9. The number of hydrogen-bond donors (Lipinski definition) is 1. The lowest BCUT2D eigenvalue weighted by Crippen LogP contribution is -2.38. The fourth-order valence-corrected chi connectivity index (χ4v) is 3.56. The molecule has 2 nitrogen and oxygen atoms in total. The number of halogens is 2. The van der Waals surface area contributed by atoms with Crippen LogP contribution in [0.4, 0.5) is 5.69 Å². The quantitative estimate of drug-likeness (QED) is 0.718. The van der Waals surface area contributed by atoms with E-state index in [-0.39, 0.29) is 0 Å². The van der Waals surface area contributed by atoms with Gasteiger partial charge in [-0.3, -0.25) is 4.90 Å². The van der Waals surface area contributed by atoms with Crippen LogP contribution in [0.15, 0.2) is 57.5 Å². The number of hydrogen-bond acceptors (Lipinski definition) is 2. The first-order chi connectivity index (χ1) is 10.7. The Morgan fingerprint density at radius 3 is 2.32 bits per heavy atom. The Balaban J connectivity index is 1.50. The van der Waals surface area contributed by atoms with Crippen LogP contribution in [-0.4, -0.2) is 24.0 Å². The third-order valence-corrected chi connectivity index (χ3v) is 5.46. The Bertz CT molecular complexity index is 605. The summed E-state index contributed by atoms with van der Waals surface area (Å²) in [6, 6.07) is 17.5. The summed E-state index contributed by atoms with van der Waals surface area (Å²) in [7, 11) is 0. The third-order valence-electron chi connectivity index (χ3n) is 4.15. The third kappa shape index (κ3) is 4.34. The van der Waals surface area contributed by atoms with Crippen molar-refractivity contribution in [3.63, 3.8) is 0 Å². The maximum atomic E-state index is 3.65. The van der Waals surface area contributed by atoms with Crippen molar-refractivity contribution < 1.29 is 0 Å². The van der Waals surface area contributed by atoms with Crippen molar-refractivity contribution >= 4 is 37.5 Å². The maximum absolute atomic E-state index is 3.65. The minimum atomic E-state index is 0.580. The molecule has 1 aliphatic rings. The molecule has 22 heavy (non-hydrogen) atoms. The number of piperidine rings is 1. The van der Waals surface area contributed by atoms with Crippen molar-refractivity contribution in [2.24, 2.45) is 0 Å². The molecule has 4 heteroatoms. The Morgan fingerprint density at radius 1 is 0.955 bits per heavy atom. The van der Waals surface area contributed by atoms with Crippen LogP contribution in [0.5, 0.6) is 0 Å². The zero-order chi connectivity index (χ0) is 15.4. The van der Waals surface area contributed by atoms with Gasteiger partial charge in [-0.05, 0) is 48.7 Å². The van der Waals surface area contributed by atoms with Gasteiger partial charge in [0.05, 0.1) is 0 Å². The second-order valence-electron chi connectivity index (χ2n) is 5.79. The summed E-state index contributed by atoms with van der Waals surface area (Å²) in [6.07, 6.45) is 2.39. The largest absolute Gasteiger partial charge is 0.382 e. The Labute approximate surface area is 149 Å². The number of nitrogens with one attached hydrogen (secondary N) is 1. The summed E-state index contributed by atoms with van der Waals surface area (Å²) in [6.45, 7) is 3.33. The average Bonchev–Trinajstić information content (AvgIpc) is 2.54. The van der Waals surface area contributed by atoms with Gasteiger partial charge in [0.25, 0.3) is 0 Å². The second kappa shape index (κ2) is 7.62. The Morgan fingerprint density at radius 2 is 1.64 bits per heavy atom. The van der Waals surface area contributed by atoms with Gasteiger partial charge < -0.3 is 5.32 Å². The molecule has 116 valence electrons. The van der Waals surface area contributed by atoms with Gasteiger partial charge in [0.1, 0.15) is 0 Å². The molecule has 0 bridgehead atoms. The van der Waals surface area contributed by atoms with Gasteiger partial charge in [-0.15, -0.1) is 0 Å². The number of benzene rings is 2. The molecular formula is C18H20Br2N2. The van der Waals surface area contributed by atoms with Gasteiger partial charge in [-0.25, -0.2) is 0 Å². The molecule has 0 radical (unpaired) electrons. The monoisotopic (exact) mass is 422 g/mol. The van der Waals surface area contributed by atoms with Crippen molar-refractivity contribution in [2.75, 3.05) is 18.4 Å². The van der Waals surface area contributed by atoms with Crippen LogP contribution in [0.3, 0.4) is 0 Å². The zero-order valence-electron chi connectivity index (χ0n) is 12.4. The highest BCUT2D eigenvalue weighted by Crippen LogP contribution is 2.22. The Kier molecular flexibility index (Phi) is 5.55. The Hall–Kier alpha value is -0.840. The molecule has 1 aliphatic heterocycles. The highest BCUT2D eigenvalue weighted by Gasteiger charge is 2.19. The first-order valence-corrected chi connectivity index (χ1v) is 9.27. The van der Waals surface area contributed by atoms with E-state index in [1.54, 1.807) is 0 Å². The van der Waals surface area contributed by atoms with Gasteiger partial charge in [-0.1, -0.05) is 50.1 Å². The smallest absolute Gasteiger partial charge is 0.0343 e. The van der Waals surface area contributed by atoms with Crippen molar-refractivity contribution in [2.45, 2.75) is 25.4 Å². The number of nitrogens with zero attached hydrogens (tertiary/aromatic N) is 1. The molecule has 2 aromatic rings. The van der Waals surface area contributed by atoms with Gasteiger partial charge in [-0.2, -0.15) is 0 Å². The summed E-state index contributed by atoms with van der Waals surface area (Å²) in [4.78, 5) is 2.54. The summed E-state index contributed by atoms with van der Waals surface area (Å²) >= 11 is 7.12. The van der Waals surface area contributed by atoms with Crippen molar-refractivity contribution in [3.8, 4) is 0 Å². The lowest BCUT2D eigenvalue weighted by Gasteiger charge is -2.33. The van der Waals surface area contributed by atoms with Crippen LogP contribution in [0.1, 0.15) is 18.4 Å². The molecule has 0 aromatic heterocycles. The molecular weight excluding hydrogens is 404 g/mol. The molecule has 0 saturated carbocycles. The van der Waals surface area contributed by atoms with E-state index in [1.807, 2.05) is 0 Å². The molecule has 1 saturated heterocycles. The average molecular weight is 424 g/mol. The molecule has 0 aliphatic carbocycles. The van der Waals surface area contributed by atoms with E-state index in [1.165, 1.54) is 28.6 Å². The van der Waals surface area contributed by atoms with Gasteiger partial charge >= 0.3 is 0 Å². The molecule has 3 rings (SSSR count). The lowest BCUT2D eigenvalue weighted by atomic mass is 10.0. The molecule has 1 fully saturated rings. The fraction of sp³-hybridized carbons (Fsp3) is 0.333. The lowest BCUT2D eigenvalue weighted by molar-refractivity contribution is 0.211. The minimum absolute atomic E-state index is 0.580. The van der Waals surface area contributed by atoms with E-state index < -0.39 is 0 Å². The fourth-order valence-electron chi connectivity index (χ4n) is 2.88. The number of anilines is 1. The van der Waals surface area contributed by atoms with E-state index in [9.17, 15) is 0 Å². The highest BCUT2D eigenvalue weighted by molar-refractivity contribution is 9.10. The van der Waals surface area contributed by atoms with Crippen molar-refractivity contribution in [1.82, 2.24) is 4.90 Å². The van der Waals surface area contributed by atoms with Crippen LogP contribution < -0.4 is 5.32 Å². The molecule has 1 N–H and O–H groups in total. The standard InChI is InChI=1S/C18H20Br2N2/c19-15-5-7-16(8-6-15)21-17-9-11-22(12-10-17)13-14-3-1-2-4-18(14)20/h1-8,17,21H,9-13H2. The van der Waals surface area contributed by atoms with E-state index in [0.29, 0.717) is 6.04 Å². The zero-order valence-corrected chi connectivity index (χ0v) is 15.6. The molecule has 2 aromatic carbocycles. The van der Waals surface area contributed by atoms with Crippen LogP contribution in [0.2, 0.25) is 0 Å². The second-order valence-corrected chi connectivity index (χ2v) is 7.56. The predicted octanol–water partition coefficient (Wildman–Crippen LogP) is 5.29. The SMILES string of the molecule is Brc1ccc(NC2CCN(Cc3ccccc3Br)CC2)cc1. The normalized spacial score (nSPS) is 16.6. The molecule has 0 unspecified atom stereocenters. The van der Waals surface area contributed by atoms with Crippen LogP contribution >= 0.6 is 31.9 Å². The van der Waals surface area contributed by atoms with E-state index >= 15 is 0 Å². The first kappa shape index (κ1) is 16.0. The molecule has 0 spiro atoms. The number of rotatable bonds is 4. The van der Waals surface area contributed by atoms with Crippen LogP contribution in [0, 0.1) is 0 Å². The van der Waals surface area contributed by atoms with E-state index in [2.05, 4.69) is 90.6 Å². The van der Waals surface area contributed by atoms with Gasteiger partial charge in [0, 0.05) is 40.3 Å². The van der Waals surface area contributed by atoms with Crippen molar-refractivity contribution in [1.29, 1.82) is 0 Å². The minimum Gasteiger partial charge on any atom is -0.382 e. The van der Waals surface area contributed by atoms with E-state index in [4.69, 9.17) is 0 Å². The predicted molar refractivity (Wildman–Crippen MR) is 100 cm³/mol. The first-order valence-electron chi connectivity index (χ1n) is 7.68. The van der Waals surface area contributed by atoms with Crippen molar-refractivity contribution in [3.05, 3.63) is 63.0 Å². The molecule has 0 amide bonds. The van der Waals surface area contributed by atoms with Gasteiger partial charge in [0.2, 0.25) is 0 Å². The summed E-state index contributed by atoms with van der Waals surface area (Å²) in [5.41, 5.74) is 2.59.